The van der Waals surface area contributed by atoms with E-state index in [1.54, 1.807) is 31.8 Å². The van der Waals surface area contributed by atoms with E-state index in [0.29, 0.717) is 18.3 Å². The molecule has 132 valence electrons. The molecule has 1 aromatic carbocycles. The maximum absolute atomic E-state index is 12.8. The fourth-order valence-corrected chi connectivity index (χ4v) is 3.74. The molecule has 0 aliphatic heterocycles. The summed E-state index contributed by atoms with van der Waals surface area (Å²) in [6.45, 7) is 2.05. The van der Waals surface area contributed by atoms with Gasteiger partial charge in [-0.1, -0.05) is 18.2 Å². The average molecular weight is 348 g/mol. The minimum atomic E-state index is -0.122. The summed E-state index contributed by atoms with van der Waals surface area (Å²) >= 11 is 0. The lowest BCUT2D eigenvalue weighted by atomic mass is 9.80. The summed E-state index contributed by atoms with van der Waals surface area (Å²) in [6.07, 6.45) is 7.40. The molecule has 2 heterocycles. The number of rotatable bonds is 3. The Hall–Kier alpha value is -3.02. The first-order chi connectivity index (χ1) is 12.7. The number of benzene rings is 1. The van der Waals surface area contributed by atoms with Gasteiger partial charge < -0.3 is 4.74 Å². The van der Waals surface area contributed by atoms with Crippen molar-refractivity contribution in [2.45, 2.75) is 32.1 Å². The van der Waals surface area contributed by atoms with Crippen LogP contribution in [-0.2, 0) is 12.8 Å². The summed E-state index contributed by atoms with van der Waals surface area (Å²) < 4.78 is 6.90. The highest BCUT2D eigenvalue weighted by Crippen LogP contribution is 2.37. The lowest BCUT2D eigenvalue weighted by Gasteiger charge is -2.26. The summed E-state index contributed by atoms with van der Waals surface area (Å²) in [4.78, 5) is 21.1. The molecule has 0 fully saturated rings. The van der Waals surface area contributed by atoms with Crippen molar-refractivity contribution >= 4 is 0 Å². The van der Waals surface area contributed by atoms with Gasteiger partial charge in [0.2, 0.25) is 0 Å². The van der Waals surface area contributed by atoms with Crippen molar-refractivity contribution in [3.63, 3.8) is 0 Å². The quantitative estimate of drug-likeness (QED) is 0.728. The monoisotopic (exact) mass is 348 g/mol. The lowest BCUT2D eigenvalue weighted by molar-refractivity contribution is 0.398. The number of nitrogens with zero attached hydrogens (tertiary/aromatic N) is 4. The van der Waals surface area contributed by atoms with E-state index in [1.165, 1.54) is 10.2 Å². The molecule has 0 N–H and O–H groups in total. The van der Waals surface area contributed by atoms with E-state index in [1.807, 2.05) is 0 Å². The van der Waals surface area contributed by atoms with E-state index >= 15 is 0 Å². The predicted molar refractivity (Wildman–Crippen MR) is 97.9 cm³/mol. The minimum absolute atomic E-state index is 0.122. The van der Waals surface area contributed by atoms with E-state index in [0.717, 1.165) is 35.3 Å². The van der Waals surface area contributed by atoms with Crippen LogP contribution in [0.2, 0.25) is 0 Å². The number of fused-ring (bicyclic) bond motifs is 1. The zero-order valence-electron chi connectivity index (χ0n) is 14.8. The van der Waals surface area contributed by atoms with Gasteiger partial charge in [0.15, 0.2) is 0 Å². The van der Waals surface area contributed by atoms with Gasteiger partial charge >= 0.3 is 0 Å². The molecule has 6 nitrogen and oxygen atoms in total. The van der Waals surface area contributed by atoms with Gasteiger partial charge in [-0.3, -0.25) is 4.79 Å². The molecule has 3 aromatic rings. The largest absolute Gasteiger partial charge is 0.496 e. The molecule has 2 aromatic heterocycles. The maximum Gasteiger partial charge on any atom is 0.277 e. The Morgan fingerprint density at radius 3 is 2.77 bits per heavy atom. The number of aryl methyl sites for hydroxylation is 1. The molecule has 0 bridgehead atoms. The zero-order valence-corrected chi connectivity index (χ0v) is 14.8. The van der Waals surface area contributed by atoms with Crippen molar-refractivity contribution < 1.29 is 4.74 Å². The number of para-hydroxylation sites is 1. The van der Waals surface area contributed by atoms with Crippen molar-refractivity contribution in [1.29, 1.82) is 0 Å². The van der Waals surface area contributed by atoms with Crippen LogP contribution in [0.15, 0.2) is 47.7 Å². The second-order valence-electron chi connectivity index (χ2n) is 6.55. The molecule has 0 saturated heterocycles. The Morgan fingerprint density at radius 1 is 1.19 bits per heavy atom. The highest BCUT2D eigenvalue weighted by atomic mass is 16.5. The van der Waals surface area contributed by atoms with Gasteiger partial charge in [0.1, 0.15) is 5.75 Å². The third-order valence-electron chi connectivity index (χ3n) is 5.00. The van der Waals surface area contributed by atoms with Gasteiger partial charge in [0, 0.05) is 18.0 Å². The normalized spacial score (nSPS) is 16.2. The average Bonchev–Trinajstić information content (AvgIpc) is 2.68. The Kier molecular flexibility index (Phi) is 4.24. The third-order valence-corrected chi connectivity index (χ3v) is 5.00. The SMILES string of the molecule is COc1c(C)cccc1C1CCc2c(cnn(-c3ncccn3)c2=O)C1. The first-order valence-corrected chi connectivity index (χ1v) is 8.70. The molecule has 1 unspecified atom stereocenters. The lowest BCUT2D eigenvalue weighted by Crippen LogP contribution is -2.30. The number of hydrogen-bond donors (Lipinski definition) is 0. The molecule has 1 aliphatic carbocycles. The van der Waals surface area contributed by atoms with Crippen LogP contribution in [0.1, 0.15) is 34.6 Å². The van der Waals surface area contributed by atoms with E-state index in [2.05, 4.69) is 40.2 Å². The summed E-state index contributed by atoms with van der Waals surface area (Å²) in [5.41, 5.74) is 4.03. The Balaban J connectivity index is 1.70. The molecular formula is C20H20N4O2. The molecular weight excluding hydrogens is 328 g/mol. The van der Waals surface area contributed by atoms with Gasteiger partial charge in [-0.25, -0.2) is 9.97 Å². The fraction of sp³-hybridized carbons (Fsp3) is 0.300. The number of ether oxygens (including phenoxy) is 1. The van der Waals surface area contributed by atoms with Crippen LogP contribution in [-0.4, -0.2) is 26.9 Å². The van der Waals surface area contributed by atoms with Gasteiger partial charge in [0.05, 0.1) is 13.3 Å². The number of hydrogen-bond acceptors (Lipinski definition) is 5. The number of methoxy groups -OCH3 is 1. The molecule has 0 spiro atoms. The van der Waals surface area contributed by atoms with Gasteiger partial charge in [0.25, 0.3) is 11.5 Å². The Labute approximate surface area is 151 Å². The maximum atomic E-state index is 12.8. The van der Waals surface area contributed by atoms with Crippen molar-refractivity contribution in [2.75, 3.05) is 7.11 Å². The van der Waals surface area contributed by atoms with E-state index in [4.69, 9.17) is 4.74 Å². The molecule has 1 atom stereocenters. The van der Waals surface area contributed by atoms with Gasteiger partial charge in [-0.05, 0) is 54.9 Å². The second-order valence-corrected chi connectivity index (χ2v) is 6.55. The summed E-state index contributed by atoms with van der Waals surface area (Å²) in [7, 11) is 1.71. The van der Waals surface area contributed by atoms with Crippen molar-refractivity contribution in [2.24, 2.45) is 0 Å². The van der Waals surface area contributed by atoms with Crippen molar-refractivity contribution in [3.05, 3.63) is 75.5 Å². The zero-order chi connectivity index (χ0) is 18.1. The molecule has 0 saturated carbocycles. The van der Waals surface area contributed by atoms with E-state index < -0.39 is 0 Å². The summed E-state index contributed by atoms with van der Waals surface area (Å²) in [6, 6.07) is 7.95. The van der Waals surface area contributed by atoms with Gasteiger partial charge in [-0.2, -0.15) is 9.78 Å². The van der Waals surface area contributed by atoms with E-state index in [9.17, 15) is 4.79 Å². The first-order valence-electron chi connectivity index (χ1n) is 8.70. The highest BCUT2D eigenvalue weighted by Gasteiger charge is 2.26. The van der Waals surface area contributed by atoms with Crippen LogP contribution in [0.25, 0.3) is 5.95 Å². The summed E-state index contributed by atoms with van der Waals surface area (Å²) in [5, 5.41) is 4.30. The van der Waals surface area contributed by atoms with Crippen molar-refractivity contribution in [1.82, 2.24) is 19.7 Å². The third kappa shape index (κ3) is 2.77. The number of aromatic nitrogens is 4. The minimum Gasteiger partial charge on any atom is -0.496 e. The van der Waals surface area contributed by atoms with E-state index in [-0.39, 0.29) is 5.56 Å². The van der Waals surface area contributed by atoms with Gasteiger partial charge in [-0.15, -0.1) is 0 Å². The molecule has 26 heavy (non-hydrogen) atoms. The standard InChI is InChI=1S/C20H20N4O2/c1-13-5-3-6-16(18(13)26-2)14-7-8-17-15(11-14)12-23-24(19(17)25)20-21-9-4-10-22-20/h3-6,9-10,12,14H,7-8,11H2,1-2H3. The van der Waals surface area contributed by atoms with Crippen LogP contribution in [0, 0.1) is 6.92 Å². The van der Waals surface area contributed by atoms with Crippen LogP contribution in [0.4, 0.5) is 0 Å². The Morgan fingerprint density at radius 2 is 2.00 bits per heavy atom. The predicted octanol–water partition coefficient (Wildman–Crippen LogP) is 2.61. The topological polar surface area (TPSA) is 69.9 Å². The second kappa shape index (κ2) is 6.71. The first kappa shape index (κ1) is 16.4. The highest BCUT2D eigenvalue weighted by molar-refractivity contribution is 5.44. The summed E-state index contributed by atoms with van der Waals surface area (Å²) in [5.74, 6) is 1.57. The molecule has 6 heteroatoms. The molecule has 0 amide bonds. The Bertz CT molecular complexity index is 998. The molecule has 4 rings (SSSR count). The van der Waals surface area contributed by atoms with Crippen LogP contribution >= 0.6 is 0 Å². The van der Waals surface area contributed by atoms with Crippen LogP contribution in [0.5, 0.6) is 5.75 Å². The molecule has 0 radical (unpaired) electrons. The smallest absolute Gasteiger partial charge is 0.277 e. The molecule has 1 aliphatic rings. The fourth-order valence-electron chi connectivity index (χ4n) is 3.74. The van der Waals surface area contributed by atoms with Crippen LogP contribution in [0.3, 0.4) is 0 Å². The van der Waals surface area contributed by atoms with Crippen LogP contribution < -0.4 is 10.3 Å². The van der Waals surface area contributed by atoms with Crippen molar-refractivity contribution in [3.8, 4) is 11.7 Å².